The van der Waals surface area contributed by atoms with Gasteiger partial charge < -0.3 is 0 Å². The summed E-state index contributed by atoms with van der Waals surface area (Å²) in [5, 5.41) is 19.6. The Balaban J connectivity index is 0.000000390. The molecule has 0 saturated heterocycles. The second kappa shape index (κ2) is 11.7. The number of fused-ring (bicyclic) bond motifs is 4. The van der Waals surface area contributed by atoms with E-state index < -0.39 is 0 Å². The Morgan fingerprint density at radius 2 is 1.76 bits per heavy atom. The molecule has 0 aliphatic carbocycles. The van der Waals surface area contributed by atoms with E-state index >= 15 is 0 Å². The van der Waals surface area contributed by atoms with Gasteiger partial charge in [0.25, 0.3) is 0 Å². The first-order valence-electron chi connectivity index (χ1n) is 10.9. The number of para-hydroxylation sites is 1. The summed E-state index contributed by atoms with van der Waals surface area (Å²) in [6.07, 6.45) is 3.64. The van der Waals surface area contributed by atoms with Crippen LogP contribution in [0, 0.1) is 29.6 Å². The number of thiazole rings is 1. The fourth-order valence-electron chi connectivity index (χ4n) is 3.13. The second-order valence-corrected chi connectivity index (χ2v) is 10.2. The first kappa shape index (κ1) is 24.6. The molecule has 0 bridgehead atoms. The van der Waals surface area contributed by atoms with E-state index in [1.807, 2.05) is 68.5 Å². The fraction of sp³-hybridized carbons (Fsp3) is 0.222. The summed E-state index contributed by atoms with van der Waals surface area (Å²) in [6, 6.07) is 21.1. The van der Waals surface area contributed by atoms with Crippen molar-refractivity contribution in [1.82, 2.24) is 4.98 Å². The van der Waals surface area contributed by atoms with Crippen molar-refractivity contribution in [1.29, 1.82) is 10.5 Å². The summed E-state index contributed by atoms with van der Waals surface area (Å²) in [4.78, 5) is 5.72. The SMILES string of the molecule is CC.CCCC#N.Cc1ccc2c(c1)sc1cc(/C=C(\C#N)c3nc4ccccc4s3)sc12. The predicted octanol–water partition coefficient (Wildman–Crippen LogP) is 9.43. The van der Waals surface area contributed by atoms with Gasteiger partial charge in [-0.1, -0.05) is 45.0 Å². The summed E-state index contributed by atoms with van der Waals surface area (Å²) >= 11 is 5.13. The summed E-state index contributed by atoms with van der Waals surface area (Å²) in [5.74, 6) is 0. The molecule has 0 atom stereocenters. The molecule has 6 heteroatoms. The van der Waals surface area contributed by atoms with Crippen LogP contribution >= 0.6 is 34.0 Å². The van der Waals surface area contributed by atoms with Gasteiger partial charge in [-0.15, -0.1) is 34.0 Å². The van der Waals surface area contributed by atoms with Crippen LogP contribution in [0.2, 0.25) is 0 Å². The molecule has 33 heavy (non-hydrogen) atoms. The van der Waals surface area contributed by atoms with Crippen LogP contribution in [0.1, 0.15) is 49.1 Å². The van der Waals surface area contributed by atoms with Crippen LogP contribution in [0.5, 0.6) is 0 Å². The molecule has 3 nitrogen and oxygen atoms in total. The van der Waals surface area contributed by atoms with Crippen molar-refractivity contribution in [3.63, 3.8) is 0 Å². The highest BCUT2D eigenvalue weighted by Crippen LogP contribution is 2.41. The number of thiophene rings is 2. The first-order chi connectivity index (χ1) is 16.1. The number of hydrogen-bond donors (Lipinski definition) is 0. The van der Waals surface area contributed by atoms with Crippen molar-refractivity contribution >= 4 is 75.4 Å². The van der Waals surface area contributed by atoms with Crippen LogP contribution in [0.4, 0.5) is 0 Å². The Morgan fingerprint density at radius 3 is 2.42 bits per heavy atom. The average Bonchev–Trinajstić information content (AvgIpc) is 3.51. The number of nitriles is 2. The molecule has 5 rings (SSSR count). The standard InChI is InChI=1S/C21H12N2S3.C4H7N.C2H6/c1-12-6-7-15-18(8-12)25-19-10-14(24-20(15)19)9-13(11-22)21-23-16-4-2-3-5-17(16)26-21;1-2-3-4-5;1-2/h2-10H,1H3;2-3H2,1H3;1-2H3/b13-9+;;. The van der Waals surface area contributed by atoms with Crippen molar-refractivity contribution in [3.8, 4) is 12.1 Å². The molecule has 0 unspecified atom stereocenters. The summed E-state index contributed by atoms with van der Waals surface area (Å²) in [7, 11) is 0. The number of allylic oxidation sites excluding steroid dienone is 1. The van der Waals surface area contributed by atoms with Crippen LogP contribution < -0.4 is 0 Å². The number of benzene rings is 2. The molecular weight excluding hydrogens is 463 g/mol. The van der Waals surface area contributed by atoms with Crippen molar-refractivity contribution < 1.29 is 0 Å². The minimum atomic E-state index is 0.625. The molecular formula is C27H25N3S3. The molecule has 0 aliphatic rings. The Morgan fingerprint density at radius 1 is 0.970 bits per heavy atom. The third kappa shape index (κ3) is 5.67. The van der Waals surface area contributed by atoms with E-state index in [2.05, 4.69) is 42.2 Å². The van der Waals surface area contributed by atoms with Gasteiger partial charge in [0.1, 0.15) is 11.1 Å². The van der Waals surface area contributed by atoms with Crippen LogP contribution in [-0.2, 0) is 0 Å². The molecule has 0 saturated carbocycles. The molecule has 0 aliphatic heterocycles. The maximum atomic E-state index is 9.65. The topological polar surface area (TPSA) is 60.5 Å². The van der Waals surface area contributed by atoms with E-state index in [0.717, 1.165) is 26.5 Å². The molecule has 0 spiro atoms. The van der Waals surface area contributed by atoms with Crippen molar-refractivity contribution in [2.24, 2.45) is 0 Å². The molecule has 3 heterocycles. The smallest absolute Gasteiger partial charge is 0.135 e. The highest BCUT2D eigenvalue weighted by Gasteiger charge is 2.12. The molecule has 5 aromatic rings. The van der Waals surface area contributed by atoms with Gasteiger partial charge in [-0.3, -0.25) is 0 Å². The van der Waals surface area contributed by atoms with E-state index in [9.17, 15) is 5.26 Å². The summed E-state index contributed by atoms with van der Waals surface area (Å²) in [6.45, 7) is 8.11. The molecule has 0 radical (unpaired) electrons. The van der Waals surface area contributed by atoms with Gasteiger partial charge in [0, 0.05) is 26.1 Å². The lowest BCUT2D eigenvalue weighted by molar-refractivity contribution is 0.969. The van der Waals surface area contributed by atoms with Crippen LogP contribution in [-0.4, -0.2) is 4.98 Å². The molecule has 166 valence electrons. The second-order valence-electron chi connectivity index (χ2n) is 7.01. The molecule has 3 aromatic heterocycles. The summed E-state index contributed by atoms with van der Waals surface area (Å²) in [5.41, 5.74) is 2.86. The third-order valence-corrected chi connectivity index (χ3v) is 8.03. The van der Waals surface area contributed by atoms with Crippen molar-refractivity contribution in [2.45, 2.75) is 40.5 Å². The highest BCUT2D eigenvalue weighted by atomic mass is 32.1. The lowest BCUT2D eigenvalue weighted by atomic mass is 10.2. The number of hydrogen-bond acceptors (Lipinski definition) is 6. The maximum absolute atomic E-state index is 9.65. The lowest BCUT2D eigenvalue weighted by Crippen LogP contribution is -1.78. The van der Waals surface area contributed by atoms with Gasteiger partial charge in [0.15, 0.2) is 0 Å². The zero-order chi connectivity index (χ0) is 23.8. The Kier molecular flexibility index (Phi) is 8.74. The molecule has 0 fully saturated rings. The average molecular weight is 488 g/mol. The Hall–Kier alpha value is -3.03. The molecule has 0 amide bonds. The number of rotatable bonds is 3. The largest absolute Gasteiger partial charge is 0.235 e. The van der Waals surface area contributed by atoms with Gasteiger partial charge in [-0.25, -0.2) is 4.98 Å². The lowest BCUT2D eigenvalue weighted by Gasteiger charge is -1.93. The minimum absolute atomic E-state index is 0.625. The van der Waals surface area contributed by atoms with Gasteiger partial charge in [0.2, 0.25) is 0 Å². The first-order valence-corrected chi connectivity index (χ1v) is 13.3. The quantitative estimate of drug-likeness (QED) is 0.238. The zero-order valence-corrected chi connectivity index (χ0v) is 21.6. The van der Waals surface area contributed by atoms with E-state index in [0.29, 0.717) is 12.0 Å². The highest BCUT2D eigenvalue weighted by molar-refractivity contribution is 7.33. The predicted molar refractivity (Wildman–Crippen MR) is 147 cm³/mol. The van der Waals surface area contributed by atoms with E-state index in [4.69, 9.17) is 5.26 Å². The number of nitrogens with zero attached hydrogens (tertiary/aromatic N) is 3. The Bertz CT molecular complexity index is 1450. The maximum Gasteiger partial charge on any atom is 0.135 e. The van der Waals surface area contributed by atoms with E-state index in [1.165, 1.54) is 25.0 Å². The van der Waals surface area contributed by atoms with Crippen LogP contribution in [0.15, 0.2) is 48.5 Å². The van der Waals surface area contributed by atoms with Gasteiger partial charge in [-0.2, -0.15) is 10.5 Å². The number of unbranched alkanes of at least 4 members (excludes halogenated alkanes) is 1. The minimum Gasteiger partial charge on any atom is -0.235 e. The molecule has 0 N–H and O–H groups in total. The van der Waals surface area contributed by atoms with Crippen LogP contribution in [0.25, 0.3) is 41.4 Å². The van der Waals surface area contributed by atoms with Gasteiger partial charge in [0.05, 0.1) is 26.6 Å². The van der Waals surface area contributed by atoms with Gasteiger partial charge >= 0.3 is 0 Å². The third-order valence-electron chi connectivity index (χ3n) is 4.61. The van der Waals surface area contributed by atoms with E-state index in [-0.39, 0.29) is 0 Å². The zero-order valence-electron chi connectivity index (χ0n) is 19.2. The fourth-order valence-corrected chi connectivity index (χ4v) is 6.64. The molecule has 2 aromatic carbocycles. The normalized spacial score (nSPS) is 10.8. The van der Waals surface area contributed by atoms with Crippen LogP contribution in [0.3, 0.4) is 0 Å². The van der Waals surface area contributed by atoms with Crippen molar-refractivity contribution in [2.75, 3.05) is 0 Å². The van der Waals surface area contributed by atoms with Crippen molar-refractivity contribution in [3.05, 3.63) is 64.0 Å². The summed E-state index contributed by atoms with van der Waals surface area (Å²) < 4.78 is 5.02. The van der Waals surface area contributed by atoms with E-state index in [1.54, 1.807) is 22.7 Å². The number of aromatic nitrogens is 1. The monoisotopic (exact) mass is 487 g/mol. The Labute approximate surface area is 206 Å². The number of aryl methyl sites for hydroxylation is 1. The van der Waals surface area contributed by atoms with Gasteiger partial charge in [-0.05, 0) is 49.2 Å².